The molecular formula is C29H35Cl2N13O4. The highest BCUT2D eigenvalue weighted by atomic mass is 35.5. The van der Waals surface area contributed by atoms with E-state index in [4.69, 9.17) is 34.3 Å². The molecule has 0 aliphatic carbocycles. The molecule has 0 fully saturated rings. The fourth-order valence-electron chi connectivity index (χ4n) is 4.59. The van der Waals surface area contributed by atoms with Crippen LogP contribution in [0.2, 0.25) is 0 Å². The van der Waals surface area contributed by atoms with E-state index < -0.39 is 17.7 Å². The first kappa shape index (κ1) is 35.6. The Morgan fingerprint density at radius 3 is 2.00 bits per heavy atom. The Bertz CT molecular complexity index is 1800. The molecule has 0 aliphatic heterocycles. The number of hydrogen-bond acceptors (Lipinski definition) is 9. The van der Waals surface area contributed by atoms with Crippen LogP contribution in [0.25, 0.3) is 0 Å². The molecule has 6 N–H and O–H groups in total. The van der Waals surface area contributed by atoms with Gasteiger partial charge in [-0.15, -0.1) is 23.2 Å². The fraction of sp³-hybridized carbons (Fsp3) is 0.310. The largest absolute Gasteiger partial charge is 0.388 e. The van der Waals surface area contributed by atoms with E-state index in [9.17, 15) is 19.2 Å². The summed E-state index contributed by atoms with van der Waals surface area (Å²) in [5, 5.41) is 26.5. The number of hydrogen-bond donors (Lipinski definition) is 5. The van der Waals surface area contributed by atoms with Gasteiger partial charge < -0.3 is 26.3 Å². The lowest BCUT2D eigenvalue weighted by Crippen LogP contribution is -2.49. The molecule has 0 saturated carbocycles. The van der Waals surface area contributed by atoms with Gasteiger partial charge in [-0.05, 0) is 12.1 Å². The molecule has 3 heterocycles. The molecule has 1 aromatic carbocycles. The topological polar surface area (TPSA) is 214 Å². The van der Waals surface area contributed by atoms with Crippen molar-refractivity contribution in [3.05, 3.63) is 71.4 Å². The SMILES string of the molecule is Cn1cc(N(C(=O)c2ccccc2)N(CCCl)CCCl)nc1C(=O)Nc1cc(C(=O)Nc2cc(C(=O)NCCC(=N)N)n(C)n2)n(C)n1. The molecular weight excluding hydrogens is 665 g/mol. The van der Waals surface area contributed by atoms with Crippen LogP contribution in [0.1, 0.15) is 48.4 Å². The van der Waals surface area contributed by atoms with Crippen molar-refractivity contribution in [1.82, 2.24) is 39.4 Å². The number of halogens is 2. The summed E-state index contributed by atoms with van der Waals surface area (Å²) < 4.78 is 4.03. The van der Waals surface area contributed by atoms with Gasteiger partial charge >= 0.3 is 0 Å². The number of anilines is 3. The third-order valence-corrected chi connectivity index (χ3v) is 7.19. The molecule has 4 rings (SSSR count). The summed E-state index contributed by atoms with van der Waals surface area (Å²) in [6.07, 6.45) is 1.73. The van der Waals surface area contributed by atoms with Gasteiger partial charge in [0.2, 0.25) is 5.82 Å². The van der Waals surface area contributed by atoms with Gasteiger partial charge in [0.25, 0.3) is 23.6 Å². The number of nitrogens with one attached hydrogen (secondary N) is 4. The van der Waals surface area contributed by atoms with Crippen molar-refractivity contribution in [2.45, 2.75) is 6.42 Å². The monoisotopic (exact) mass is 699 g/mol. The summed E-state index contributed by atoms with van der Waals surface area (Å²) in [6, 6.07) is 11.4. The molecule has 0 aliphatic rings. The molecule has 19 heteroatoms. The summed E-state index contributed by atoms with van der Waals surface area (Å²) in [5.41, 5.74) is 5.98. The third kappa shape index (κ3) is 8.55. The van der Waals surface area contributed by atoms with Crippen molar-refractivity contribution < 1.29 is 19.2 Å². The second kappa shape index (κ2) is 16.0. The van der Waals surface area contributed by atoms with Crippen molar-refractivity contribution in [2.75, 3.05) is 47.0 Å². The highest BCUT2D eigenvalue weighted by Crippen LogP contribution is 2.21. The van der Waals surface area contributed by atoms with E-state index in [1.54, 1.807) is 49.4 Å². The Kier molecular flexibility index (Phi) is 11.9. The molecule has 0 radical (unpaired) electrons. The normalized spacial score (nSPS) is 11.0. The van der Waals surface area contributed by atoms with Gasteiger partial charge in [-0.2, -0.15) is 10.2 Å². The standard InChI is InChI=1S/C29H35Cl2N13O4/c1-40-17-24(44(43(13-10-30)14-11-31)29(48)18-7-5-4-6-8-18)37-25(40)28(47)36-23-16-20(42(3)39-23)27(46)35-22-15-19(41(2)38-22)26(45)34-12-9-21(32)33/h4-8,15-17H,9-14H2,1-3H3,(H3,32,33)(H,34,45)(H,35,38,46)(H,36,39,47). The van der Waals surface area contributed by atoms with Crippen LogP contribution in [0.15, 0.2) is 48.7 Å². The predicted molar refractivity (Wildman–Crippen MR) is 181 cm³/mol. The second-order valence-electron chi connectivity index (χ2n) is 10.4. The first-order valence-electron chi connectivity index (χ1n) is 14.5. The van der Waals surface area contributed by atoms with E-state index in [0.29, 0.717) is 5.56 Å². The molecule has 0 saturated heterocycles. The summed E-state index contributed by atoms with van der Waals surface area (Å²) in [4.78, 5) is 57.0. The van der Waals surface area contributed by atoms with Crippen LogP contribution in [0.3, 0.4) is 0 Å². The van der Waals surface area contributed by atoms with E-state index in [-0.39, 0.29) is 84.2 Å². The van der Waals surface area contributed by atoms with E-state index in [2.05, 4.69) is 31.1 Å². The lowest BCUT2D eigenvalue weighted by molar-refractivity contribution is 0.0899. The molecule has 48 heavy (non-hydrogen) atoms. The number of nitrogens with two attached hydrogens (primary N) is 1. The average Bonchev–Trinajstić information content (AvgIpc) is 3.73. The summed E-state index contributed by atoms with van der Waals surface area (Å²) >= 11 is 12.1. The molecule has 17 nitrogen and oxygen atoms in total. The number of amidine groups is 1. The number of benzene rings is 1. The van der Waals surface area contributed by atoms with Crippen molar-refractivity contribution >= 4 is 70.1 Å². The Balaban J connectivity index is 1.50. The van der Waals surface area contributed by atoms with Gasteiger partial charge in [-0.25, -0.2) is 15.0 Å². The zero-order valence-corrected chi connectivity index (χ0v) is 27.9. The minimum Gasteiger partial charge on any atom is -0.388 e. The maximum absolute atomic E-state index is 13.6. The number of aryl methyl sites for hydroxylation is 3. The molecule has 4 aromatic rings. The van der Waals surface area contributed by atoms with Crippen molar-refractivity contribution in [2.24, 2.45) is 26.9 Å². The lowest BCUT2D eigenvalue weighted by atomic mass is 10.2. The van der Waals surface area contributed by atoms with Crippen LogP contribution in [0.5, 0.6) is 0 Å². The first-order valence-corrected chi connectivity index (χ1v) is 15.6. The van der Waals surface area contributed by atoms with Gasteiger partial charge in [0, 0.05) is 82.9 Å². The molecule has 0 unspecified atom stereocenters. The zero-order valence-electron chi connectivity index (χ0n) is 26.4. The molecule has 0 atom stereocenters. The molecule has 4 amide bonds. The van der Waals surface area contributed by atoms with Crippen LogP contribution < -0.4 is 26.7 Å². The average molecular weight is 701 g/mol. The van der Waals surface area contributed by atoms with E-state index in [1.807, 2.05) is 0 Å². The predicted octanol–water partition coefficient (Wildman–Crippen LogP) is 1.79. The summed E-state index contributed by atoms with van der Waals surface area (Å²) in [7, 11) is 4.66. The summed E-state index contributed by atoms with van der Waals surface area (Å²) in [5.74, 6) is -1.40. The number of hydrazine groups is 1. The van der Waals surface area contributed by atoms with Crippen LogP contribution in [0, 0.1) is 5.41 Å². The second-order valence-corrected chi connectivity index (χ2v) is 11.1. The quantitative estimate of drug-likeness (QED) is 0.0528. The van der Waals surface area contributed by atoms with Crippen LogP contribution in [0.4, 0.5) is 17.5 Å². The number of imidazole rings is 1. The minimum atomic E-state index is -0.646. The van der Waals surface area contributed by atoms with Crippen LogP contribution in [-0.2, 0) is 21.1 Å². The van der Waals surface area contributed by atoms with Crippen molar-refractivity contribution in [3.8, 4) is 0 Å². The van der Waals surface area contributed by atoms with Crippen molar-refractivity contribution in [3.63, 3.8) is 0 Å². The molecule has 254 valence electrons. The Labute approximate surface area is 285 Å². The molecule has 0 bridgehead atoms. The maximum Gasteiger partial charge on any atom is 0.292 e. The van der Waals surface area contributed by atoms with Gasteiger partial charge in [0.05, 0.1) is 5.84 Å². The first-order chi connectivity index (χ1) is 22.9. The smallest absolute Gasteiger partial charge is 0.292 e. The van der Waals surface area contributed by atoms with Gasteiger partial charge in [-0.1, -0.05) is 18.2 Å². The van der Waals surface area contributed by atoms with Crippen molar-refractivity contribution in [1.29, 1.82) is 5.41 Å². The van der Waals surface area contributed by atoms with Gasteiger partial charge in [-0.3, -0.25) is 34.0 Å². The minimum absolute atomic E-state index is 0.0354. The number of carbonyl (C=O) groups excluding carboxylic acids is 4. The van der Waals surface area contributed by atoms with Gasteiger partial charge in [0.15, 0.2) is 17.5 Å². The number of alkyl halides is 2. The van der Waals surface area contributed by atoms with Gasteiger partial charge in [0.1, 0.15) is 11.4 Å². The number of nitrogens with zero attached hydrogens (tertiary/aromatic N) is 8. The third-order valence-electron chi connectivity index (χ3n) is 6.85. The van der Waals surface area contributed by atoms with Crippen LogP contribution >= 0.6 is 23.2 Å². The van der Waals surface area contributed by atoms with Crippen LogP contribution in [-0.4, -0.2) is 95.0 Å². The highest BCUT2D eigenvalue weighted by molar-refractivity contribution is 6.18. The van der Waals surface area contributed by atoms with E-state index >= 15 is 0 Å². The Hall–Kier alpha value is -5.26. The lowest BCUT2D eigenvalue weighted by Gasteiger charge is -2.32. The highest BCUT2D eigenvalue weighted by Gasteiger charge is 2.29. The molecule has 0 spiro atoms. The molecule has 3 aromatic heterocycles. The number of aromatic nitrogens is 6. The number of rotatable bonds is 15. The summed E-state index contributed by atoms with van der Waals surface area (Å²) in [6.45, 7) is 0.754. The Morgan fingerprint density at radius 1 is 0.875 bits per heavy atom. The fourth-order valence-corrected chi connectivity index (χ4v) is 4.98. The number of amides is 4. The number of carbonyl (C=O) groups is 4. The maximum atomic E-state index is 13.6. The van der Waals surface area contributed by atoms with E-state index in [1.165, 1.54) is 44.3 Å². The zero-order chi connectivity index (χ0) is 35.0. The van der Waals surface area contributed by atoms with E-state index in [0.717, 1.165) is 0 Å². The Morgan fingerprint density at radius 2 is 1.44 bits per heavy atom.